The van der Waals surface area contributed by atoms with Gasteiger partial charge in [0.2, 0.25) is 0 Å². The molecule has 0 radical (unpaired) electrons. The fourth-order valence-electron chi connectivity index (χ4n) is 4.62. The average Bonchev–Trinajstić information content (AvgIpc) is 3.55. The lowest BCUT2D eigenvalue weighted by Crippen LogP contribution is -2.29. The molecule has 0 spiro atoms. The van der Waals surface area contributed by atoms with Crippen LogP contribution in [-0.2, 0) is 20.7 Å². The Bertz CT molecular complexity index is 1460. The largest absolute Gasteiger partial charge is 0.507 e. The monoisotopic (exact) mass is 520 g/mol. The molecule has 0 aliphatic carbocycles. The minimum atomic E-state index is -0.981. The second kappa shape index (κ2) is 9.36. The Morgan fingerprint density at radius 1 is 1.16 bits per heavy atom. The number of hydrogen-bond donors (Lipinski definition) is 1. The summed E-state index contributed by atoms with van der Waals surface area (Å²) in [5.74, 6) is -1.28. The molecule has 1 amide bonds. The minimum Gasteiger partial charge on any atom is -0.507 e. The summed E-state index contributed by atoms with van der Waals surface area (Å²) in [5, 5.41) is 11.6. The van der Waals surface area contributed by atoms with Crippen LogP contribution in [0.4, 0.5) is 5.13 Å². The van der Waals surface area contributed by atoms with E-state index in [2.05, 4.69) is 4.98 Å². The van der Waals surface area contributed by atoms with Gasteiger partial charge in [0, 0.05) is 12.0 Å². The lowest BCUT2D eigenvalue weighted by atomic mass is 9.94. The van der Waals surface area contributed by atoms with E-state index in [1.165, 1.54) is 19.1 Å². The van der Waals surface area contributed by atoms with Gasteiger partial charge in [0.25, 0.3) is 5.78 Å². The summed E-state index contributed by atoms with van der Waals surface area (Å²) in [6, 6.07) is 11.0. The van der Waals surface area contributed by atoms with E-state index in [0.717, 1.165) is 22.6 Å². The predicted molar refractivity (Wildman–Crippen MR) is 136 cm³/mol. The molecule has 1 fully saturated rings. The number of rotatable bonds is 5. The van der Waals surface area contributed by atoms with Crippen LogP contribution in [0.2, 0.25) is 0 Å². The van der Waals surface area contributed by atoms with Crippen molar-refractivity contribution in [1.82, 2.24) is 4.98 Å². The summed E-state index contributed by atoms with van der Waals surface area (Å²) >= 11 is 0.949. The lowest BCUT2D eigenvalue weighted by Gasteiger charge is -2.23. The third-order valence-corrected chi connectivity index (χ3v) is 7.54. The van der Waals surface area contributed by atoms with E-state index in [9.17, 15) is 19.5 Å². The normalized spacial score (nSPS) is 20.1. The van der Waals surface area contributed by atoms with Gasteiger partial charge >= 0.3 is 11.9 Å². The molecule has 9 nitrogen and oxygen atoms in total. The number of ketones is 1. The number of aromatic nitrogens is 1. The third kappa shape index (κ3) is 4.13. The molecule has 2 aliphatic heterocycles. The van der Waals surface area contributed by atoms with Crippen LogP contribution in [0.15, 0.2) is 48.0 Å². The molecule has 1 N–H and O–H groups in total. The van der Waals surface area contributed by atoms with Gasteiger partial charge in [0.1, 0.15) is 28.2 Å². The first-order valence-electron chi connectivity index (χ1n) is 11.5. The Morgan fingerprint density at radius 2 is 1.89 bits per heavy atom. The fraction of sp³-hybridized carbons (Fsp3) is 0.259. The molecular weight excluding hydrogens is 496 g/mol. The van der Waals surface area contributed by atoms with E-state index in [1.54, 1.807) is 49.4 Å². The number of esters is 1. The molecule has 2 aliphatic rings. The summed E-state index contributed by atoms with van der Waals surface area (Å²) in [5.41, 5.74) is 2.17. The number of benzene rings is 2. The Hall–Kier alpha value is -4.18. The number of amides is 1. The molecule has 0 unspecified atom stereocenters. The highest BCUT2D eigenvalue weighted by Crippen LogP contribution is 2.44. The van der Waals surface area contributed by atoms with E-state index in [4.69, 9.17) is 14.2 Å². The standard InChI is InChI=1S/C27H24N2O7S/c1-13-11-17-12-16(7-10-19(17)36-13)22(30)20-21(15-5-8-18(34-3)9-6-15)29(25(32)23(20)31)27-28-14(2)24(37-27)26(33)35-4/h5-10,12-13,21,30H,11H2,1-4H3/b22-20+/t13-,21+/m1/s1. The summed E-state index contributed by atoms with van der Waals surface area (Å²) < 4.78 is 15.8. The number of ether oxygens (including phenoxy) is 3. The quantitative estimate of drug-likeness (QED) is 0.230. The Labute approximate surface area is 216 Å². The fourth-order valence-corrected chi connectivity index (χ4v) is 5.64. The van der Waals surface area contributed by atoms with Crippen LogP contribution in [0.3, 0.4) is 0 Å². The number of aliphatic hydroxyl groups is 1. The van der Waals surface area contributed by atoms with Gasteiger partial charge in [0.05, 0.1) is 31.5 Å². The van der Waals surface area contributed by atoms with Gasteiger partial charge in [0.15, 0.2) is 5.13 Å². The maximum atomic E-state index is 13.4. The molecule has 2 aromatic carbocycles. The van der Waals surface area contributed by atoms with Gasteiger partial charge in [-0.1, -0.05) is 23.5 Å². The van der Waals surface area contributed by atoms with Crippen molar-refractivity contribution >= 4 is 39.9 Å². The summed E-state index contributed by atoms with van der Waals surface area (Å²) in [6.07, 6.45) is 0.677. The van der Waals surface area contributed by atoms with Crippen LogP contribution >= 0.6 is 11.3 Å². The van der Waals surface area contributed by atoms with Crippen molar-refractivity contribution in [2.24, 2.45) is 0 Å². The number of aryl methyl sites for hydroxylation is 1. The van der Waals surface area contributed by atoms with Crippen LogP contribution in [0.5, 0.6) is 11.5 Å². The number of hydrogen-bond acceptors (Lipinski definition) is 9. The SMILES string of the molecule is COC(=O)c1sc(N2C(=O)C(=O)/C(=C(/O)c3ccc4c(c3)C[C@@H](C)O4)[C@@H]2c2ccc(OC)cc2)nc1C. The van der Waals surface area contributed by atoms with Gasteiger partial charge < -0.3 is 19.3 Å². The molecule has 10 heteroatoms. The zero-order valence-electron chi connectivity index (χ0n) is 20.6. The number of carbonyl (C=O) groups excluding carboxylic acids is 3. The third-order valence-electron chi connectivity index (χ3n) is 6.41. The van der Waals surface area contributed by atoms with E-state index >= 15 is 0 Å². The van der Waals surface area contributed by atoms with Gasteiger partial charge in [-0.25, -0.2) is 9.78 Å². The molecule has 3 aromatic rings. The molecule has 190 valence electrons. The molecule has 1 aromatic heterocycles. The molecule has 3 heterocycles. The topological polar surface area (TPSA) is 115 Å². The molecule has 1 saturated heterocycles. The number of thiazole rings is 1. The maximum absolute atomic E-state index is 13.4. The van der Waals surface area contributed by atoms with Gasteiger partial charge in [-0.3, -0.25) is 14.5 Å². The second-order valence-corrected chi connectivity index (χ2v) is 9.78. The first kappa shape index (κ1) is 24.5. The van der Waals surface area contributed by atoms with E-state index in [0.29, 0.717) is 29.0 Å². The Morgan fingerprint density at radius 3 is 2.57 bits per heavy atom. The first-order chi connectivity index (χ1) is 17.7. The smallest absolute Gasteiger partial charge is 0.350 e. The number of Topliss-reactive ketones (excluding diaryl/α,β-unsaturated/α-hetero) is 1. The number of fused-ring (bicyclic) bond motifs is 1. The minimum absolute atomic E-state index is 0.00873. The summed E-state index contributed by atoms with van der Waals surface area (Å²) in [6.45, 7) is 3.58. The average molecular weight is 521 g/mol. The van der Waals surface area contributed by atoms with Gasteiger partial charge in [-0.15, -0.1) is 0 Å². The van der Waals surface area contributed by atoms with Crippen molar-refractivity contribution in [2.75, 3.05) is 19.1 Å². The van der Waals surface area contributed by atoms with Crippen molar-refractivity contribution < 1.29 is 33.7 Å². The molecule has 37 heavy (non-hydrogen) atoms. The highest BCUT2D eigenvalue weighted by molar-refractivity contribution is 7.17. The van der Waals surface area contributed by atoms with Crippen LogP contribution in [0.25, 0.3) is 5.76 Å². The number of nitrogens with zero attached hydrogens (tertiary/aromatic N) is 2. The van der Waals surface area contributed by atoms with Gasteiger partial charge in [-0.2, -0.15) is 0 Å². The van der Waals surface area contributed by atoms with E-state index < -0.39 is 23.7 Å². The lowest BCUT2D eigenvalue weighted by molar-refractivity contribution is -0.132. The molecule has 0 bridgehead atoms. The van der Waals surface area contributed by atoms with Crippen molar-refractivity contribution in [2.45, 2.75) is 32.4 Å². The van der Waals surface area contributed by atoms with Crippen molar-refractivity contribution in [3.63, 3.8) is 0 Å². The number of aliphatic hydroxyl groups excluding tert-OH is 1. The van der Waals surface area contributed by atoms with Crippen molar-refractivity contribution in [3.05, 3.63) is 75.3 Å². The Kier molecular flexibility index (Phi) is 6.20. The second-order valence-electron chi connectivity index (χ2n) is 8.80. The Balaban J connectivity index is 1.68. The zero-order chi connectivity index (χ0) is 26.4. The van der Waals surface area contributed by atoms with Crippen molar-refractivity contribution in [3.8, 4) is 11.5 Å². The van der Waals surface area contributed by atoms with E-state index in [1.807, 2.05) is 6.92 Å². The molecular formula is C27H24N2O7S. The highest BCUT2D eigenvalue weighted by atomic mass is 32.1. The van der Waals surface area contributed by atoms with E-state index in [-0.39, 0.29) is 27.4 Å². The highest BCUT2D eigenvalue weighted by Gasteiger charge is 2.48. The predicted octanol–water partition coefficient (Wildman–Crippen LogP) is 4.20. The maximum Gasteiger partial charge on any atom is 0.350 e. The molecule has 0 saturated carbocycles. The number of anilines is 1. The zero-order valence-corrected chi connectivity index (χ0v) is 21.4. The number of methoxy groups -OCH3 is 2. The van der Waals surface area contributed by atoms with Crippen molar-refractivity contribution in [1.29, 1.82) is 0 Å². The number of carbonyl (C=O) groups is 3. The molecule has 2 atom stereocenters. The van der Waals surface area contributed by atoms with Gasteiger partial charge in [-0.05, 0) is 55.3 Å². The van der Waals surface area contributed by atoms with Crippen LogP contribution in [-0.4, -0.2) is 48.1 Å². The summed E-state index contributed by atoms with van der Waals surface area (Å²) in [4.78, 5) is 44.8. The molecule has 5 rings (SSSR count). The van der Waals surface area contributed by atoms with Crippen LogP contribution in [0.1, 0.15) is 45.0 Å². The van der Waals surface area contributed by atoms with Crippen LogP contribution < -0.4 is 14.4 Å². The van der Waals surface area contributed by atoms with Crippen LogP contribution in [0, 0.1) is 6.92 Å². The first-order valence-corrected chi connectivity index (χ1v) is 12.4. The summed E-state index contributed by atoms with van der Waals surface area (Å²) in [7, 11) is 2.79.